The van der Waals surface area contributed by atoms with Gasteiger partial charge in [0, 0.05) is 11.1 Å². The van der Waals surface area contributed by atoms with Gasteiger partial charge in [-0.3, -0.25) is 4.79 Å². The highest BCUT2D eigenvalue weighted by molar-refractivity contribution is 6.10. The molecule has 108 valence electrons. The summed E-state index contributed by atoms with van der Waals surface area (Å²) >= 11 is 0. The highest BCUT2D eigenvalue weighted by Crippen LogP contribution is 2.20. The zero-order chi connectivity index (χ0) is 15.5. The molecule has 3 rings (SSSR count). The maximum Gasteiger partial charge on any atom is 0.215 e. The standard InChI is InChI=1S/C17H12FN3O/c18-13-8-6-11(7-9-13)14-10-20-17(19)15(21-14)16(22)12-4-2-1-3-5-12/h1-10H,(H2,19,20). The van der Waals surface area contributed by atoms with Gasteiger partial charge in [-0.05, 0) is 24.3 Å². The van der Waals surface area contributed by atoms with Crippen LogP contribution in [0.1, 0.15) is 16.1 Å². The van der Waals surface area contributed by atoms with Gasteiger partial charge < -0.3 is 5.73 Å². The fourth-order valence-corrected chi connectivity index (χ4v) is 2.05. The highest BCUT2D eigenvalue weighted by atomic mass is 19.1. The largest absolute Gasteiger partial charge is 0.382 e. The van der Waals surface area contributed by atoms with E-state index in [0.29, 0.717) is 16.8 Å². The van der Waals surface area contributed by atoms with Crippen LogP contribution in [0.25, 0.3) is 11.3 Å². The first kappa shape index (κ1) is 13.9. The Balaban J connectivity index is 2.04. The molecule has 0 amide bonds. The lowest BCUT2D eigenvalue weighted by Gasteiger charge is -2.06. The molecule has 0 saturated heterocycles. The quantitative estimate of drug-likeness (QED) is 0.753. The third-order valence-electron chi connectivity index (χ3n) is 3.19. The van der Waals surface area contributed by atoms with E-state index >= 15 is 0 Å². The van der Waals surface area contributed by atoms with Crippen LogP contribution >= 0.6 is 0 Å². The Hall–Kier alpha value is -3.08. The van der Waals surface area contributed by atoms with Crippen LogP contribution in [0.2, 0.25) is 0 Å². The van der Waals surface area contributed by atoms with Crippen LogP contribution in [0.4, 0.5) is 10.2 Å². The van der Waals surface area contributed by atoms with Gasteiger partial charge in [-0.2, -0.15) is 0 Å². The molecule has 22 heavy (non-hydrogen) atoms. The highest BCUT2D eigenvalue weighted by Gasteiger charge is 2.16. The van der Waals surface area contributed by atoms with Crippen molar-refractivity contribution in [1.82, 2.24) is 9.97 Å². The number of hydrogen-bond donors (Lipinski definition) is 1. The van der Waals surface area contributed by atoms with E-state index in [-0.39, 0.29) is 23.1 Å². The monoisotopic (exact) mass is 293 g/mol. The summed E-state index contributed by atoms with van der Waals surface area (Å²) in [5.41, 5.74) is 7.48. The van der Waals surface area contributed by atoms with Crippen LogP contribution in [-0.2, 0) is 0 Å². The van der Waals surface area contributed by atoms with Crippen molar-refractivity contribution in [1.29, 1.82) is 0 Å². The van der Waals surface area contributed by atoms with E-state index in [9.17, 15) is 9.18 Å². The maximum absolute atomic E-state index is 13.0. The molecule has 0 radical (unpaired) electrons. The van der Waals surface area contributed by atoms with E-state index in [0.717, 1.165) is 0 Å². The first-order valence-electron chi connectivity index (χ1n) is 6.63. The van der Waals surface area contributed by atoms with Crippen molar-refractivity contribution in [3.8, 4) is 11.3 Å². The topological polar surface area (TPSA) is 68.9 Å². The predicted molar refractivity (Wildman–Crippen MR) is 81.7 cm³/mol. The molecule has 1 heterocycles. The summed E-state index contributed by atoms with van der Waals surface area (Å²) in [7, 11) is 0. The molecule has 2 aromatic carbocycles. The second-order valence-electron chi connectivity index (χ2n) is 4.69. The van der Waals surface area contributed by atoms with E-state index in [1.165, 1.54) is 18.3 Å². The molecule has 0 fully saturated rings. The molecule has 1 aromatic heterocycles. The Morgan fingerprint density at radius 2 is 1.68 bits per heavy atom. The van der Waals surface area contributed by atoms with Gasteiger partial charge in [0.05, 0.1) is 11.9 Å². The Labute approximate surface area is 126 Å². The second kappa shape index (κ2) is 5.73. The van der Waals surface area contributed by atoms with Crippen molar-refractivity contribution in [3.05, 3.63) is 77.9 Å². The molecule has 0 bridgehead atoms. The fourth-order valence-electron chi connectivity index (χ4n) is 2.05. The summed E-state index contributed by atoms with van der Waals surface area (Å²) in [5, 5.41) is 0. The third kappa shape index (κ3) is 2.69. The predicted octanol–water partition coefficient (Wildman–Crippen LogP) is 3.10. The van der Waals surface area contributed by atoms with Gasteiger partial charge in [-0.15, -0.1) is 0 Å². The zero-order valence-corrected chi connectivity index (χ0v) is 11.5. The van der Waals surface area contributed by atoms with Crippen LogP contribution in [0, 0.1) is 5.82 Å². The van der Waals surface area contributed by atoms with Crippen molar-refractivity contribution in [2.24, 2.45) is 0 Å². The zero-order valence-electron chi connectivity index (χ0n) is 11.5. The van der Waals surface area contributed by atoms with Crippen LogP contribution in [-0.4, -0.2) is 15.8 Å². The number of halogens is 1. The number of anilines is 1. The van der Waals surface area contributed by atoms with Crippen molar-refractivity contribution < 1.29 is 9.18 Å². The van der Waals surface area contributed by atoms with Crippen LogP contribution in [0.5, 0.6) is 0 Å². The van der Waals surface area contributed by atoms with Crippen LogP contribution < -0.4 is 5.73 Å². The Bertz CT molecular complexity index is 817. The minimum Gasteiger partial charge on any atom is -0.382 e. The molecule has 0 saturated carbocycles. The number of nitrogens with zero attached hydrogens (tertiary/aromatic N) is 2. The molecular weight excluding hydrogens is 281 g/mol. The number of nitrogen functional groups attached to an aromatic ring is 1. The molecule has 4 nitrogen and oxygen atoms in total. The molecule has 3 aromatic rings. The van der Waals surface area contributed by atoms with Crippen LogP contribution in [0.15, 0.2) is 60.8 Å². The SMILES string of the molecule is Nc1ncc(-c2ccc(F)cc2)nc1C(=O)c1ccccc1. The summed E-state index contributed by atoms with van der Waals surface area (Å²) in [6.45, 7) is 0. The summed E-state index contributed by atoms with van der Waals surface area (Å²) in [4.78, 5) is 20.8. The van der Waals surface area contributed by atoms with E-state index in [4.69, 9.17) is 5.73 Å². The van der Waals surface area contributed by atoms with Crippen molar-refractivity contribution in [2.75, 3.05) is 5.73 Å². The Morgan fingerprint density at radius 1 is 1.00 bits per heavy atom. The van der Waals surface area contributed by atoms with E-state index in [1.807, 2.05) is 6.07 Å². The smallest absolute Gasteiger partial charge is 0.215 e. The molecule has 0 spiro atoms. The first-order chi connectivity index (χ1) is 10.6. The maximum atomic E-state index is 13.0. The number of aromatic nitrogens is 2. The average molecular weight is 293 g/mol. The number of rotatable bonds is 3. The lowest BCUT2D eigenvalue weighted by Crippen LogP contribution is -2.10. The Kier molecular flexibility index (Phi) is 3.62. The molecular formula is C17H12FN3O. The van der Waals surface area contributed by atoms with Gasteiger partial charge in [0.25, 0.3) is 0 Å². The number of nitrogens with two attached hydrogens (primary N) is 1. The molecule has 2 N–H and O–H groups in total. The van der Waals surface area contributed by atoms with E-state index in [1.54, 1.807) is 36.4 Å². The van der Waals surface area contributed by atoms with Gasteiger partial charge in [-0.1, -0.05) is 30.3 Å². The minimum atomic E-state index is -0.340. The normalized spacial score (nSPS) is 10.4. The molecule has 0 atom stereocenters. The fraction of sp³-hybridized carbons (Fsp3) is 0. The van der Waals surface area contributed by atoms with Gasteiger partial charge in [0.15, 0.2) is 11.5 Å². The van der Waals surface area contributed by atoms with Gasteiger partial charge in [0.2, 0.25) is 5.78 Å². The van der Waals surface area contributed by atoms with Gasteiger partial charge in [0.1, 0.15) is 5.82 Å². The summed E-state index contributed by atoms with van der Waals surface area (Å²) < 4.78 is 13.0. The Morgan fingerprint density at radius 3 is 2.36 bits per heavy atom. The molecule has 0 unspecified atom stereocenters. The summed E-state index contributed by atoms with van der Waals surface area (Å²) in [6.07, 6.45) is 1.46. The van der Waals surface area contributed by atoms with Gasteiger partial charge in [-0.25, -0.2) is 14.4 Å². The lowest BCUT2D eigenvalue weighted by molar-refractivity contribution is 0.103. The van der Waals surface area contributed by atoms with E-state index < -0.39 is 0 Å². The lowest BCUT2D eigenvalue weighted by atomic mass is 10.1. The van der Waals surface area contributed by atoms with Crippen LogP contribution in [0.3, 0.4) is 0 Å². The number of hydrogen-bond acceptors (Lipinski definition) is 4. The van der Waals surface area contributed by atoms with Crippen molar-refractivity contribution >= 4 is 11.6 Å². The summed E-state index contributed by atoms with van der Waals surface area (Å²) in [5.74, 6) is -0.568. The first-order valence-corrected chi connectivity index (χ1v) is 6.63. The molecule has 0 aliphatic carbocycles. The summed E-state index contributed by atoms with van der Waals surface area (Å²) in [6, 6.07) is 14.5. The number of carbonyl (C=O) groups excluding carboxylic acids is 1. The van der Waals surface area contributed by atoms with Crippen molar-refractivity contribution in [2.45, 2.75) is 0 Å². The number of benzene rings is 2. The minimum absolute atomic E-state index is 0.0692. The molecule has 0 aliphatic heterocycles. The third-order valence-corrected chi connectivity index (χ3v) is 3.19. The second-order valence-corrected chi connectivity index (χ2v) is 4.69. The van der Waals surface area contributed by atoms with E-state index in [2.05, 4.69) is 9.97 Å². The average Bonchev–Trinajstić information content (AvgIpc) is 2.56. The van der Waals surface area contributed by atoms with Gasteiger partial charge >= 0.3 is 0 Å². The molecule has 0 aliphatic rings. The number of carbonyl (C=O) groups is 1. The van der Waals surface area contributed by atoms with Crippen molar-refractivity contribution in [3.63, 3.8) is 0 Å². The molecule has 5 heteroatoms. The number of ketones is 1.